The van der Waals surface area contributed by atoms with Crippen LogP contribution in [0, 0.1) is 5.92 Å². The molecule has 31 heavy (non-hydrogen) atoms. The summed E-state index contributed by atoms with van der Waals surface area (Å²) in [7, 11) is 5.15. The van der Waals surface area contributed by atoms with E-state index in [0.717, 1.165) is 12.1 Å². The Kier molecular flexibility index (Phi) is 11.6. The number of benzene rings is 1. The first-order chi connectivity index (χ1) is 14.9. The van der Waals surface area contributed by atoms with Gasteiger partial charge in [-0.1, -0.05) is 26.3 Å². The molecule has 1 aromatic carbocycles. The second-order valence-corrected chi connectivity index (χ2v) is 7.58. The Balaban J connectivity index is 0.00000233. The molecule has 1 aliphatic rings. The van der Waals surface area contributed by atoms with Crippen LogP contribution in [0.15, 0.2) is 24.3 Å². The number of methoxy groups -OCH3 is 1. The molecule has 3 atom stereocenters. The largest absolute Gasteiger partial charge is 0.469 e. The van der Waals surface area contributed by atoms with Crippen molar-refractivity contribution >= 4 is 23.5 Å². The molecule has 8 heteroatoms. The Bertz CT molecular complexity index is 723. The molecular weight excluding hydrogens is 396 g/mol. The van der Waals surface area contributed by atoms with Crippen molar-refractivity contribution in [3.63, 3.8) is 0 Å². The number of anilines is 1. The van der Waals surface area contributed by atoms with Gasteiger partial charge in [0.2, 0.25) is 5.91 Å². The quantitative estimate of drug-likeness (QED) is 0.513. The highest BCUT2D eigenvalue weighted by molar-refractivity contribution is 5.98. The van der Waals surface area contributed by atoms with Gasteiger partial charge in [-0.25, -0.2) is 0 Å². The lowest BCUT2D eigenvalue weighted by Gasteiger charge is -2.24. The summed E-state index contributed by atoms with van der Waals surface area (Å²) in [5.74, 6) is -1.26. The minimum absolute atomic E-state index is 0.274. The summed E-state index contributed by atoms with van der Waals surface area (Å²) in [5.41, 5.74) is 6.98. The highest BCUT2D eigenvalue weighted by Crippen LogP contribution is 2.27. The standard InChI is InChI=1S/C21H32N4O4.C2H6/c1-25(2)15-8-4-7-14(13-15)19(26)24-18(11-6-12-22)20(27)23-17-10-5-9-16(17)21(28)29-3;1-2/h4,7-8,13,16-18H,5-6,9-12,22H2,1-3H3,(H,23,27)(H,24,26);1-2H3/t16?,17-,18?;/m0./s1. The van der Waals surface area contributed by atoms with Gasteiger partial charge in [0.1, 0.15) is 6.04 Å². The van der Waals surface area contributed by atoms with Gasteiger partial charge in [0, 0.05) is 31.4 Å². The molecule has 0 radical (unpaired) electrons. The number of carbonyl (C=O) groups excluding carboxylic acids is 3. The number of nitrogens with two attached hydrogens (primary N) is 1. The van der Waals surface area contributed by atoms with E-state index in [0.29, 0.717) is 37.8 Å². The average molecular weight is 435 g/mol. The van der Waals surface area contributed by atoms with Gasteiger partial charge in [0.05, 0.1) is 13.0 Å². The maximum atomic E-state index is 12.9. The minimum atomic E-state index is -0.715. The molecule has 4 N–H and O–H groups in total. The fourth-order valence-electron chi connectivity index (χ4n) is 3.61. The Labute approximate surface area is 185 Å². The molecule has 2 amide bonds. The zero-order valence-corrected chi connectivity index (χ0v) is 19.4. The van der Waals surface area contributed by atoms with Gasteiger partial charge in [-0.15, -0.1) is 0 Å². The molecule has 0 saturated heterocycles. The molecule has 0 aromatic heterocycles. The van der Waals surface area contributed by atoms with Crippen LogP contribution in [0.4, 0.5) is 5.69 Å². The van der Waals surface area contributed by atoms with Crippen LogP contribution in [-0.2, 0) is 14.3 Å². The first kappa shape index (κ1) is 26.4. The number of hydrogen-bond donors (Lipinski definition) is 3. The molecule has 1 aromatic rings. The highest BCUT2D eigenvalue weighted by Gasteiger charge is 2.36. The maximum absolute atomic E-state index is 12.9. The van der Waals surface area contributed by atoms with Crippen LogP contribution >= 0.6 is 0 Å². The van der Waals surface area contributed by atoms with E-state index >= 15 is 0 Å². The van der Waals surface area contributed by atoms with E-state index in [1.54, 1.807) is 18.2 Å². The Morgan fingerprint density at radius 1 is 1.23 bits per heavy atom. The molecule has 0 bridgehead atoms. The predicted octanol–water partition coefficient (Wildman–Crippen LogP) is 2.07. The molecule has 174 valence electrons. The summed E-state index contributed by atoms with van der Waals surface area (Å²) in [6.07, 6.45) is 3.28. The summed E-state index contributed by atoms with van der Waals surface area (Å²) >= 11 is 0. The molecule has 1 aliphatic carbocycles. The lowest BCUT2D eigenvalue weighted by Crippen LogP contribution is -2.51. The topological polar surface area (TPSA) is 114 Å². The van der Waals surface area contributed by atoms with E-state index in [9.17, 15) is 14.4 Å². The van der Waals surface area contributed by atoms with Crippen molar-refractivity contribution in [3.8, 4) is 0 Å². The van der Waals surface area contributed by atoms with Crippen molar-refractivity contribution in [2.24, 2.45) is 11.7 Å². The van der Waals surface area contributed by atoms with E-state index in [2.05, 4.69) is 10.6 Å². The van der Waals surface area contributed by atoms with E-state index in [1.165, 1.54) is 7.11 Å². The van der Waals surface area contributed by atoms with E-state index in [1.807, 2.05) is 38.9 Å². The number of nitrogens with zero attached hydrogens (tertiary/aromatic N) is 1. The third kappa shape index (κ3) is 7.86. The summed E-state index contributed by atoms with van der Waals surface area (Å²) in [4.78, 5) is 39.5. The minimum Gasteiger partial charge on any atom is -0.469 e. The van der Waals surface area contributed by atoms with Crippen LogP contribution < -0.4 is 21.3 Å². The molecule has 2 unspecified atom stereocenters. The zero-order chi connectivity index (χ0) is 23.4. The van der Waals surface area contributed by atoms with Crippen LogP contribution in [-0.4, -0.2) is 57.6 Å². The third-order valence-electron chi connectivity index (χ3n) is 5.29. The van der Waals surface area contributed by atoms with Crippen molar-refractivity contribution in [1.29, 1.82) is 0 Å². The lowest BCUT2D eigenvalue weighted by molar-refractivity contribution is -0.146. The van der Waals surface area contributed by atoms with Crippen LogP contribution in [0.2, 0.25) is 0 Å². The second kappa shape index (κ2) is 13.6. The number of amides is 2. The highest BCUT2D eigenvalue weighted by atomic mass is 16.5. The van der Waals surface area contributed by atoms with Gasteiger partial charge < -0.3 is 26.0 Å². The summed E-state index contributed by atoms with van der Waals surface area (Å²) in [6.45, 7) is 4.42. The number of carbonyl (C=O) groups is 3. The number of nitrogens with one attached hydrogen (secondary N) is 2. The molecular formula is C23H38N4O4. The van der Waals surface area contributed by atoms with Crippen molar-refractivity contribution in [2.75, 3.05) is 32.6 Å². The molecule has 1 fully saturated rings. The van der Waals surface area contributed by atoms with Gasteiger partial charge in [-0.2, -0.15) is 0 Å². The Hall–Kier alpha value is -2.61. The third-order valence-corrected chi connectivity index (χ3v) is 5.29. The number of hydrogen-bond acceptors (Lipinski definition) is 6. The van der Waals surface area contributed by atoms with Crippen LogP contribution in [0.25, 0.3) is 0 Å². The monoisotopic (exact) mass is 434 g/mol. The summed E-state index contributed by atoms with van der Waals surface area (Å²) < 4.78 is 4.84. The van der Waals surface area contributed by atoms with Crippen molar-refractivity contribution < 1.29 is 19.1 Å². The van der Waals surface area contributed by atoms with E-state index < -0.39 is 6.04 Å². The van der Waals surface area contributed by atoms with Crippen molar-refractivity contribution in [1.82, 2.24) is 10.6 Å². The average Bonchev–Trinajstić information content (AvgIpc) is 3.25. The molecule has 0 heterocycles. The first-order valence-corrected chi connectivity index (χ1v) is 11.0. The second-order valence-electron chi connectivity index (χ2n) is 7.58. The predicted molar refractivity (Wildman–Crippen MR) is 123 cm³/mol. The fourth-order valence-corrected chi connectivity index (χ4v) is 3.61. The van der Waals surface area contributed by atoms with E-state index in [4.69, 9.17) is 10.5 Å². The molecule has 0 aliphatic heterocycles. The SMILES string of the molecule is CC.COC(=O)C1CCC[C@@H]1NC(=O)C(CCCN)NC(=O)c1cccc(N(C)C)c1. The molecule has 1 saturated carbocycles. The number of rotatable bonds is 9. The summed E-state index contributed by atoms with van der Waals surface area (Å²) in [6, 6.07) is 6.21. The van der Waals surface area contributed by atoms with Crippen LogP contribution in [0.1, 0.15) is 56.3 Å². The maximum Gasteiger partial charge on any atom is 0.310 e. The number of ether oxygens (including phenoxy) is 1. The molecule has 0 spiro atoms. The molecule has 8 nitrogen and oxygen atoms in total. The van der Waals surface area contributed by atoms with Gasteiger partial charge in [-0.3, -0.25) is 14.4 Å². The van der Waals surface area contributed by atoms with E-state index in [-0.39, 0.29) is 29.7 Å². The van der Waals surface area contributed by atoms with Gasteiger partial charge in [0.15, 0.2) is 0 Å². The zero-order valence-electron chi connectivity index (χ0n) is 19.4. The van der Waals surface area contributed by atoms with Crippen molar-refractivity contribution in [3.05, 3.63) is 29.8 Å². The number of esters is 1. The van der Waals surface area contributed by atoms with Gasteiger partial charge in [-0.05, 0) is 50.4 Å². The lowest BCUT2D eigenvalue weighted by atomic mass is 10.0. The Morgan fingerprint density at radius 3 is 2.55 bits per heavy atom. The first-order valence-electron chi connectivity index (χ1n) is 11.0. The van der Waals surface area contributed by atoms with Crippen LogP contribution in [0.5, 0.6) is 0 Å². The smallest absolute Gasteiger partial charge is 0.310 e. The van der Waals surface area contributed by atoms with Gasteiger partial charge >= 0.3 is 5.97 Å². The van der Waals surface area contributed by atoms with Crippen LogP contribution in [0.3, 0.4) is 0 Å². The Morgan fingerprint density at radius 2 is 1.94 bits per heavy atom. The summed E-state index contributed by atoms with van der Waals surface area (Å²) in [5, 5.41) is 5.76. The normalized spacial score (nSPS) is 18.3. The van der Waals surface area contributed by atoms with Gasteiger partial charge in [0.25, 0.3) is 5.91 Å². The van der Waals surface area contributed by atoms with Crippen molar-refractivity contribution in [2.45, 2.75) is 58.0 Å². The fraction of sp³-hybridized carbons (Fsp3) is 0.609. The molecule has 2 rings (SSSR count).